The molecule has 0 fully saturated rings. The van der Waals surface area contributed by atoms with Crippen LogP contribution in [0.4, 0.5) is 4.39 Å². The van der Waals surface area contributed by atoms with E-state index in [1.807, 2.05) is 0 Å². The Hall–Kier alpha value is -1.42. The van der Waals surface area contributed by atoms with E-state index in [0.717, 1.165) is 24.1 Å². The van der Waals surface area contributed by atoms with Crippen molar-refractivity contribution in [3.05, 3.63) is 52.0 Å². The zero-order chi connectivity index (χ0) is 12.7. The van der Waals surface area contributed by atoms with Gasteiger partial charge in [-0.05, 0) is 47.0 Å². The van der Waals surface area contributed by atoms with Crippen LogP contribution in [0.1, 0.15) is 28.9 Å². The first-order valence-electron chi connectivity index (χ1n) is 5.86. The van der Waals surface area contributed by atoms with Gasteiger partial charge < -0.3 is 4.57 Å². The number of nitrogens with zero attached hydrogens (tertiary/aromatic N) is 1. The predicted octanol–water partition coefficient (Wildman–Crippen LogP) is 3.90. The lowest BCUT2D eigenvalue weighted by molar-refractivity contribution is 0.0972. The molecular formula is C14H11BrFNO. The van der Waals surface area contributed by atoms with E-state index in [2.05, 4.69) is 15.9 Å². The quantitative estimate of drug-likeness (QED) is 0.783. The number of fused-ring (bicyclic) bond motifs is 1. The van der Waals surface area contributed by atoms with E-state index in [1.165, 1.54) is 6.07 Å². The van der Waals surface area contributed by atoms with Crippen LogP contribution < -0.4 is 0 Å². The van der Waals surface area contributed by atoms with E-state index in [-0.39, 0.29) is 11.6 Å². The summed E-state index contributed by atoms with van der Waals surface area (Å²) in [5, 5.41) is 0. The van der Waals surface area contributed by atoms with Crippen LogP contribution >= 0.6 is 15.9 Å². The molecule has 1 aliphatic rings. The fourth-order valence-electron chi connectivity index (χ4n) is 2.45. The van der Waals surface area contributed by atoms with Gasteiger partial charge in [0, 0.05) is 28.3 Å². The maximum Gasteiger partial charge on any atom is 0.164 e. The summed E-state index contributed by atoms with van der Waals surface area (Å²) in [6, 6.07) is 6.67. The number of hydrogen-bond donors (Lipinski definition) is 0. The van der Waals surface area contributed by atoms with Gasteiger partial charge in [0.2, 0.25) is 0 Å². The molecule has 2 aromatic rings. The lowest BCUT2D eigenvalue weighted by Gasteiger charge is -2.16. The van der Waals surface area contributed by atoms with Crippen molar-refractivity contribution >= 4 is 21.7 Å². The van der Waals surface area contributed by atoms with Gasteiger partial charge in [-0.3, -0.25) is 4.79 Å². The molecule has 1 aliphatic carbocycles. The Balaban J connectivity index is 2.22. The van der Waals surface area contributed by atoms with Gasteiger partial charge in [0.25, 0.3) is 0 Å². The molecule has 0 unspecified atom stereocenters. The first-order chi connectivity index (χ1) is 8.68. The normalized spacial score (nSPS) is 14.7. The number of aromatic nitrogens is 1. The molecule has 1 heterocycles. The second kappa shape index (κ2) is 4.35. The fraction of sp³-hybridized carbons (Fsp3) is 0.214. The monoisotopic (exact) mass is 307 g/mol. The van der Waals surface area contributed by atoms with Gasteiger partial charge >= 0.3 is 0 Å². The third-order valence-corrected chi connectivity index (χ3v) is 3.93. The minimum Gasteiger partial charge on any atom is -0.317 e. The number of benzene rings is 1. The zero-order valence-corrected chi connectivity index (χ0v) is 11.2. The zero-order valence-electron chi connectivity index (χ0n) is 9.62. The average Bonchev–Trinajstić information content (AvgIpc) is 2.75. The Labute approximate surface area is 113 Å². The molecule has 0 N–H and O–H groups in total. The lowest BCUT2D eigenvalue weighted by Crippen LogP contribution is -2.13. The predicted molar refractivity (Wildman–Crippen MR) is 70.7 cm³/mol. The minimum absolute atomic E-state index is 0.155. The van der Waals surface area contributed by atoms with Crippen molar-refractivity contribution in [2.24, 2.45) is 0 Å². The largest absolute Gasteiger partial charge is 0.317 e. The van der Waals surface area contributed by atoms with E-state index >= 15 is 0 Å². The highest BCUT2D eigenvalue weighted by Gasteiger charge is 2.22. The first-order valence-corrected chi connectivity index (χ1v) is 6.65. The smallest absolute Gasteiger partial charge is 0.164 e. The van der Waals surface area contributed by atoms with Crippen molar-refractivity contribution in [3.8, 4) is 5.69 Å². The van der Waals surface area contributed by atoms with Crippen LogP contribution in [0.2, 0.25) is 0 Å². The average molecular weight is 308 g/mol. The van der Waals surface area contributed by atoms with Crippen molar-refractivity contribution in [3.63, 3.8) is 0 Å². The van der Waals surface area contributed by atoms with Gasteiger partial charge in [-0.1, -0.05) is 6.07 Å². The lowest BCUT2D eigenvalue weighted by atomic mass is 9.97. The standard InChI is InChI=1S/C14H11BrFNO/c15-10-3-1-4-11(16)14(10)17-8-7-9-12(17)5-2-6-13(9)18/h1,3-4,7-8H,2,5-6H2. The topological polar surface area (TPSA) is 22.0 Å². The van der Waals surface area contributed by atoms with Gasteiger partial charge in [-0.15, -0.1) is 0 Å². The molecule has 0 radical (unpaired) electrons. The maximum absolute atomic E-state index is 13.9. The van der Waals surface area contributed by atoms with E-state index in [1.54, 1.807) is 29.0 Å². The summed E-state index contributed by atoms with van der Waals surface area (Å²) in [6.45, 7) is 0. The van der Waals surface area contributed by atoms with Crippen LogP contribution in [-0.2, 0) is 6.42 Å². The Bertz CT molecular complexity index is 612. The highest BCUT2D eigenvalue weighted by Crippen LogP contribution is 2.30. The first kappa shape index (κ1) is 11.7. The van der Waals surface area contributed by atoms with E-state index in [0.29, 0.717) is 16.6 Å². The molecule has 3 rings (SSSR count). The summed E-state index contributed by atoms with van der Waals surface area (Å²) in [4.78, 5) is 11.8. The van der Waals surface area contributed by atoms with Gasteiger partial charge in [-0.25, -0.2) is 4.39 Å². The summed E-state index contributed by atoms with van der Waals surface area (Å²) >= 11 is 3.37. The number of para-hydroxylation sites is 1. The Morgan fingerprint density at radius 2 is 2.06 bits per heavy atom. The number of rotatable bonds is 1. The summed E-state index contributed by atoms with van der Waals surface area (Å²) in [7, 11) is 0. The summed E-state index contributed by atoms with van der Waals surface area (Å²) in [5.74, 6) is -0.136. The number of carbonyl (C=O) groups is 1. The number of halogens is 2. The third kappa shape index (κ3) is 1.72. The number of carbonyl (C=O) groups excluding carboxylic acids is 1. The molecule has 4 heteroatoms. The molecule has 0 aliphatic heterocycles. The molecule has 92 valence electrons. The van der Waals surface area contributed by atoms with Gasteiger partial charge in [0.05, 0.1) is 5.69 Å². The van der Waals surface area contributed by atoms with Crippen LogP contribution in [0.25, 0.3) is 5.69 Å². The van der Waals surface area contributed by atoms with E-state index < -0.39 is 0 Å². The summed E-state index contributed by atoms with van der Waals surface area (Å²) in [6.07, 6.45) is 4.02. The van der Waals surface area contributed by atoms with Crippen molar-refractivity contribution in [1.82, 2.24) is 4.57 Å². The maximum atomic E-state index is 13.9. The van der Waals surface area contributed by atoms with E-state index in [4.69, 9.17) is 0 Å². The molecule has 0 atom stereocenters. The second-order valence-corrected chi connectivity index (χ2v) is 5.25. The Morgan fingerprint density at radius 3 is 2.83 bits per heavy atom. The van der Waals surface area contributed by atoms with E-state index in [9.17, 15) is 9.18 Å². The fourth-order valence-corrected chi connectivity index (χ4v) is 2.99. The van der Waals surface area contributed by atoms with Crippen LogP contribution in [0.5, 0.6) is 0 Å². The summed E-state index contributed by atoms with van der Waals surface area (Å²) in [5.41, 5.74) is 2.13. The Morgan fingerprint density at radius 1 is 1.22 bits per heavy atom. The molecule has 1 aromatic carbocycles. The molecule has 0 saturated heterocycles. The SMILES string of the molecule is O=C1CCCc2c1ccn2-c1c(F)cccc1Br. The Kier molecular flexibility index (Phi) is 2.82. The molecule has 18 heavy (non-hydrogen) atoms. The van der Waals surface area contributed by atoms with Crippen molar-refractivity contribution < 1.29 is 9.18 Å². The van der Waals surface area contributed by atoms with Gasteiger partial charge in [-0.2, -0.15) is 0 Å². The van der Waals surface area contributed by atoms with Crippen LogP contribution in [0.3, 0.4) is 0 Å². The number of ketones is 1. The van der Waals surface area contributed by atoms with Crippen LogP contribution in [0, 0.1) is 5.82 Å². The highest BCUT2D eigenvalue weighted by molar-refractivity contribution is 9.10. The molecule has 0 amide bonds. The van der Waals surface area contributed by atoms with Crippen molar-refractivity contribution in [2.45, 2.75) is 19.3 Å². The molecule has 1 aromatic heterocycles. The molecule has 0 spiro atoms. The van der Waals surface area contributed by atoms with Crippen LogP contribution in [-0.4, -0.2) is 10.4 Å². The van der Waals surface area contributed by atoms with Gasteiger partial charge in [0.1, 0.15) is 5.82 Å². The highest BCUT2D eigenvalue weighted by atomic mass is 79.9. The van der Waals surface area contributed by atoms with Crippen LogP contribution in [0.15, 0.2) is 34.9 Å². The molecule has 0 saturated carbocycles. The third-order valence-electron chi connectivity index (χ3n) is 3.29. The van der Waals surface area contributed by atoms with Crippen molar-refractivity contribution in [2.75, 3.05) is 0 Å². The molecule has 0 bridgehead atoms. The molecular weight excluding hydrogens is 297 g/mol. The number of hydrogen-bond acceptors (Lipinski definition) is 1. The van der Waals surface area contributed by atoms with Gasteiger partial charge in [0.15, 0.2) is 5.78 Å². The minimum atomic E-state index is -0.291. The van der Waals surface area contributed by atoms with Crippen molar-refractivity contribution in [1.29, 1.82) is 0 Å². The number of Topliss-reactive ketones (excluding diaryl/α,β-unsaturated/α-hetero) is 1. The second-order valence-electron chi connectivity index (χ2n) is 4.39. The summed E-state index contributed by atoms with van der Waals surface area (Å²) < 4.78 is 16.4. The molecule has 2 nitrogen and oxygen atoms in total.